The van der Waals surface area contributed by atoms with Crippen LogP contribution in [0.2, 0.25) is 5.02 Å². The SMILES string of the molecule is Cc1cc(N)nc2cccc(Cl)c12. The summed E-state index contributed by atoms with van der Waals surface area (Å²) >= 11 is 6.03. The van der Waals surface area contributed by atoms with Crippen LogP contribution < -0.4 is 5.73 Å². The highest BCUT2D eigenvalue weighted by molar-refractivity contribution is 6.35. The quantitative estimate of drug-likeness (QED) is 0.697. The van der Waals surface area contributed by atoms with Gasteiger partial charge in [-0.25, -0.2) is 4.98 Å². The second kappa shape index (κ2) is 2.89. The lowest BCUT2D eigenvalue weighted by molar-refractivity contribution is 1.37. The maximum atomic E-state index is 6.03. The van der Waals surface area contributed by atoms with E-state index in [1.54, 1.807) is 0 Å². The van der Waals surface area contributed by atoms with Gasteiger partial charge >= 0.3 is 0 Å². The normalized spacial score (nSPS) is 10.6. The predicted molar refractivity (Wildman–Crippen MR) is 55.9 cm³/mol. The fraction of sp³-hybridized carbons (Fsp3) is 0.100. The molecule has 0 aliphatic heterocycles. The number of nitrogen functional groups attached to an aromatic ring is 1. The van der Waals surface area contributed by atoms with Gasteiger partial charge in [-0.2, -0.15) is 0 Å². The van der Waals surface area contributed by atoms with E-state index in [2.05, 4.69) is 4.98 Å². The van der Waals surface area contributed by atoms with Crippen LogP contribution in [0.3, 0.4) is 0 Å². The van der Waals surface area contributed by atoms with Crippen LogP contribution in [0.1, 0.15) is 5.56 Å². The Balaban J connectivity index is 2.94. The maximum absolute atomic E-state index is 6.03. The van der Waals surface area contributed by atoms with Crippen molar-refractivity contribution in [3.05, 3.63) is 34.9 Å². The minimum Gasteiger partial charge on any atom is -0.384 e. The van der Waals surface area contributed by atoms with Crippen molar-refractivity contribution in [3.63, 3.8) is 0 Å². The average molecular weight is 193 g/mol. The summed E-state index contributed by atoms with van der Waals surface area (Å²) in [6, 6.07) is 7.46. The van der Waals surface area contributed by atoms with E-state index in [4.69, 9.17) is 17.3 Å². The molecule has 0 aliphatic rings. The molecule has 3 heteroatoms. The van der Waals surface area contributed by atoms with Crippen LogP contribution in [0.4, 0.5) is 5.82 Å². The number of rotatable bonds is 0. The lowest BCUT2D eigenvalue weighted by Gasteiger charge is -2.04. The van der Waals surface area contributed by atoms with Crippen molar-refractivity contribution >= 4 is 28.3 Å². The van der Waals surface area contributed by atoms with Gasteiger partial charge in [-0.15, -0.1) is 0 Å². The molecule has 2 nitrogen and oxygen atoms in total. The molecule has 0 radical (unpaired) electrons. The van der Waals surface area contributed by atoms with E-state index in [0.717, 1.165) is 21.5 Å². The minimum absolute atomic E-state index is 0.535. The Bertz CT molecular complexity index is 466. The highest BCUT2D eigenvalue weighted by atomic mass is 35.5. The van der Waals surface area contributed by atoms with Crippen molar-refractivity contribution < 1.29 is 0 Å². The predicted octanol–water partition coefficient (Wildman–Crippen LogP) is 2.78. The van der Waals surface area contributed by atoms with Gasteiger partial charge in [0.25, 0.3) is 0 Å². The van der Waals surface area contributed by atoms with Gasteiger partial charge in [0.1, 0.15) is 5.82 Å². The number of pyridine rings is 1. The van der Waals surface area contributed by atoms with Crippen molar-refractivity contribution in [2.45, 2.75) is 6.92 Å². The standard InChI is InChI=1S/C10H9ClN2/c1-6-5-9(12)13-8-4-2-3-7(11)10(6)8/h2-5H,1H3,(H2,12,13). The molecule has 66 valence electrons. The van der Waals surface area contributed by atoms with Gasteiger partial charge in [-0.3, -0.25) is 0 Å². The Kier molecular flexibility index (Phi) is 1.85. The molecule has 1 aromatic heterocycles. The molecule has 0 saturated heterocycles. The molecule has 0 aliphatic carbocycles. The first-order chi connectivity index (χ1) is 6.18. The van der Waals surface area contributed by atoms with Gasteiger partial charge in [0.15, 0.2) is 0 Å². The second-order valence-corrected chi connectivity index (χ2v) is 3.41. The fourth-order valence-electron chi connectivity index (χ4n) is 1.46. The molecule has 0 spiro atoms. The number of aryl methyl sites for hydroxylation is 1. The number of aromatic nitrogens is 1. The fourth-order valence-corrected chi connectivity index (χ4v) is 1.78. The molecule has 0 fully saturated rings. The smallest absolute Gasteiger partial charge is 0.124 e. The van der Waals surface area contributed by atoms with Crippen LogP contribution in [0.5, 0.6) is 0 Å². The summed E-state index contributed by atoms with van der Waals surface area (Å²) in [4.78, 5) is 4.19. The van der Waals surface area contributed by atoms with Crippen molar-refractivity contribution in [1.82, 2.24) is 4.98 Å². The Hall–Kier alpha value is -1.28. The van der Waals surface area contributed by atoms with Gasteiger partial charge in [0.2, 0.25) is 0 Å². The van der Waals surface area contributed by atoms with Crippen molar-refractivity contribution in [1.29, 1.82) is 0 Å². The molecular formula is C10H9ClN2. The third-order valence-electron chi connectivity index (χ3n) is 2.00. The first-order valence-electron chi connectivity index (χ1n) is 4.00. The summed E-state index contributed by atoms with van der Waals surface area (Å²) in [6.45, 7) is 1.98. The van der Waals surface area contributed by atoms with E-state index < -0.39 is 0 Å². The van der Waals surface area contributed by atoms with Crippen LogP contribution in [-0.4, -0.2) is 4.98 Å². The zero-order valence-corrected chi connectivity index (χ0v) is 7.97. The molecule has 0 saturated carbocycles. The Labute approximate surface area is 81.3 Å². The summed E-state index contributed by atoms with van der Waals surface area (Å²) in [5, 5.41) is 1.71. The molecule has 0 bridgehead atoms. The Morgan fingerprint density at radius 2 is 2.15 bits per heavy atom. The number of halogens is 1. The van der Waals surface area contributed by atoms with Gasteiger partial charge < -0.3 is 5.73 Å². The average Bonchev–Trinajstić information content (AvgIpc) is 2.02. The van der Waals surface area contributed by atoms with Crippen LogP contribution in [0.15, 0.2) is 24.3 Å². The van der Waals surface area contributed by atoms with Gasteiger partial charge in [0, 0.05) is 5.39 Å². The molecule has 0 unspecified atom stereocenters. The third-order valence-corrected chi connectivity index (χ3v) is 2.31. The molecule has 2 N–H and O–H groups in total. The molecule has 2 aromatic rings. The minimum atomic E-state index is 0.535. The Morgan fingerprint density at radius 1 is 1.38 bits per heavy atom. The molecule has 1 heterocycles. The number of nitrogens with two attached hydrogens (primary N) is 1. The summed E-state index contributed by atoms with van der Waals surface area (Å²) in [5.41, 5.74) is 7.54. The molecule has 2 rings (SSSR count). The summed E-state index contributed by atoms with van der Waals surface area (Å²) in [7, 11) is 0. The summed E-state index contributed by atoms with van der Waals surface area (Å²) < 4.78 is 0. The van der Waals surface area contributed by atoms with Gasteiger partial charge in [-0.1, -0.05) is 17.7 Å². The van der Waals surface area contributed by atoms with E-state index >= 15 is 0 Å². The van der Waals surface area contributed by atoms with Crippen LogP contribution in [-0.2, 0) is 0 Å². The Morgan fingerprint density at radius 3 is 2.92 bits per heavy atom. The van der Waals surface area contributed by atoms with E-state index in [0.29, 0.717) is 5.82 Å². The summed E-state index contributed by atoms with van der Waals surface area (Å²) in [6.07, 6.45) is 0. The van der Waals surface area contributed by atoms with Gasteiger partial charge in [0.05, 0.1) is 10.5 Å². The van der Waals surface area contributed by atoms with E-state index in [1.807, 2.05) is 31.2 Å². The number of hydrogen-bond acceptors (Lipinski definition) is 2. The van der Waals surface area contributed by atoms with Crippen molar-refractivity contribution in [2.75, 3.05) is 5.73 Å². The number of benzene rings is 1. The first-order valence-corrected chi connectivity index (χ1v) is 4.37. The van der Waals surface area contributed by atoms with Crippen molar-refractivity contribution in [3.8, 4) is 0 Å². The van der Waals surface area contributed by atoms with Crippen LogP contribution in [0.25, 0.3) is 10.9 Å². The zero-order chi connectivity index (χ0) is 9.42. The highest BCUT2D eigenvalue weighted by Crippen LogP contribution is 2.26. The maximum Gasteiger partial charge on any atom is 0.124 e. The number of fused-ring (bicyclic) bond motifs is 1. The molecule has 0 atom stereocenters. The molecule has 0 amide bonds. The number of anilines is 1. The second-order valence-electron chi connectivity index (χ2n) is 3.00. The first kappa shape index (κ1) is 8.32. The lowest BCUT2D eigenvalue weighted by atomic mass is 10.1. The van der Waals surface area contributed by atoms with Crippen LogP contribution >= 0.6 is 11.6 Å². The monoisotopic (exact) mass is 192 g/mol. The molecule has 13 heavy (non-hydrogen) atoms. The largest absolute Gasteiger partial charge is 0.384 e. The molecular weight excluding hydrogens is 184 g/mol. The number of hydrogen-bond donors (Lipinski definition) is 1. The van der Waals surface area contributed by atoms with E-state index in [-0.39, 0.29) is 0 Å². The zero-order valence-electron chi connectivity index (χ0n) is 7.21. The molecule has 1 aromatic carbocycles. The van der Waals surface area contributed by atoms with E-state index in [1.165, 1.54) is 0 Å². The number of nitrogens with zero attached hydrogens (tertiary/aromatic N) is 1. The van der Waals surface area contributed by atoms with Crippen LogP contribution in [0, 0.1) is 6.92 Å². The van der Waals surface area contributed by atoms with E-state index in [9.17, 15) is 0 Å². The summed E-state index contributed by atoms with van der Waals surface area (Å²) in [5.74, 6) is 0.535. The topological polar surface area (TPSA) is 38.9 Å². The highest BCUT2D eigenvalue weighted by Gasteiger charge is 2.03. The van der Waals surface area contributed by atoms with Crippen molar-refractivity contribution in [2.24, 2.45) is 0 Å². The van der Waals surface area contributed by atoms with Gasteiger partial charge in [-0.05, 0) is 30.7 Å². The lowest BCUT2D eigenvalue weighted by Crippen LogP contribution is -1.92. The third kappa shape index (κ3) is 1.33.